The molecule has 1 rings (SSSR count). The molecule has 1 aromatic carbocycles. The molecule has 0 heterocycles. The van der Waals surface area contributed by atoms with Crippen LogP contribution in [-0.4, -0.2) is 12.4 Å². The molecule has 1 aromatic rings. The lowest BCUT2D eigenvalue weighted by Crippen LogP contribution is -2.32. The highest BCUT2D eigenvalue weighted by Gasteiger charge is 2.07. The van der Waals surface area contributed by atoms with Gasteiger partial charge in [-0.25, -0.2) is 5.84 Å². The van der Waals surface area contributed by atoms with Crippen molar-refractivity contribution in [3.8, 4) is 0 Å². The predicted molar refractivity (Wildman–Crippen MR) is 65.2 cm³/mol. The maximum Gasteiger partial charge on any atom is 0.142 e. The number of hydrogen-bond donors (Lipinski definition) is 2. The molecule has 0 saturated heterocycles. The molecule has 0 atom stereocenters. The van der Waals surface area contributed by atoms with Crippen molar-refractivity contribution in [1.29, 1.82) is 0 Å². The smallest absolute Gasteiger partial charge is 0.142 e. The summed E-state index contributed by atoms with van der Waals surface area (Å²) in [6.45, 7) is 4.78. The van der Waals surface area contributed by atoms with E-state index >= 15 is 0 Å². The molecule has 0 aromatic heterocycles. The average Bonchev–Trinajstić information content (AvgIpc) is 2.25. The molecule has 0 aliphatic rings. The van der Waals surface area contributed by atoms with Crippen molar-refractivity contribution in [3.63, 3.8) is 0 Å². The number of benzene rings is 1. The Morgan fingerprint density at radius 2 is 2.27 bits per heavy atom. The Labute approximate surface area is 95.3 Å². The van der Waals surface area contributed by atoms with Crippen LogP contribution in [0.2, 0.25) is 5.02 Å². The van der Waals surface area contributed by atoms with E-state index in [1.807, 2.05) is 25.1 Å². The van der Waals surface area contributed by atoms with Crippen LogP contribution in [0.4, 0.5) is 0 Å². The highest BCUT2D eigenvalue weighted by Crippen LogP contribution is 2.18. The van der Waals surface area contributed by atoms with Gasteiger partial charge in [0.05, 0.1) is 0 Å². The van der Waals surface area contributed by atoms with Crippen LogP contribution in [0.25, 0.3) is 0 Å². The molecule has 0 fully saturated rings. The van der Waals surface area contributed by atoms with Crippen LogP contribution >= 0.6 is 11.6 Å². The number of amidine groups is 1. The van der Waals surface area contributed by atoms with Gasteiger partial charge in [0.2, 0.25) is 0 Å². The number of nitrogens with two attached hydrogens (primary N) is 1. The zero-order chi connectivity index (χ0) is 11.3. The third-order valence-corrected chi connectivity index (χ3v) is 2.56. The van der Waals surface area contributed by atoms with Gasteiger partial charge in [-0.2, -0.15) is 0 Å². The van der Waals surface area contributed by atoms with Crippen LogP contribution in [0.3, 0.4) is 0 Å². The molecule has 0 aliphatic heterocycles. The van der Waals surface area contributed by atoms with Crippen LogP contribution in [-0.2, 0) is 0 Å². The summed E-state index contributed by atoms with van der Waals surface area (Å²) in [6.07, 6.45) is 0.991. The molecular weight excluding hydrogens is 210 g/mol. The van der Waals surface area contributed by atoms with Gasteiger partial charge in [-0.05, 0) is 25.0 Å². The maximum atomic E-state index is 6.03. The Bertz CT molecular complexity index is 361. The molecule has 4 heteroatoms. The van der Waals surface area contributed by atoms with E-state index in [1.54, 1.807) is 0 Å². The summed E-state index contributed by atoms with van der Waals surface area (Å²) in [7, 11) is 0. The van der Waals surface area contributed by atoms with E-state index in [0.29, 0.717) is 5.84 Å². The summed E-state index contributed by atoms with van der Waals surface area (Å²) in [6, 6.07) is 5.70. The van der Waals surface area contributed by atoms with Crippen molar-refractivity contribution >= 4 is 17.4 Å². The second-order valence-corrected chi connectivity index (χ2v) is 3.69. The molecular formula is C11H16ClN3. The normalized spacial score (nSPS) is 11.6. The molecule has 0 unspecified atom stereocenters. The van der Waals surface area contributed by atoms with E-state index in [1.165, 1.54) is 0 Å². The number of rotatable bonds is 3. The minimum Gasteiger partial charge on any atom is -0.308 e. The van der Waals surface area contributed by atoms with Gasteiger partial charge in [0, 0.05) is 17.1 Å². The van der Waals surface area contributed by atoms with Gasteiger partial charge in [0.1, 0.15) is 5.84 Å². The van der Waals surface area contributed by atoms with Gasteiger partial charge >= 0.3 is 0 Å². The largest absolute Gasteiger partial charge is 0.308 e. The highest BCUT2D eigenvalue weighted by atomic mass is 35.5. The number of nitrogens with one attached hydrogen (secondary N) is 1. The summed E-state index contributed by atoms with van der Waals surface area (Å²) < 4.78 is 0. The fourth-order valence-corrected chi connectivity index (χ4v) is 1.47. The number of hydrazine groups is 1. The van der Waals surface area contributed by atoms with Gasteiger partial charge in [-0.3, -0.25) is 4.99 Å². The lowest BCUT2D eigenvalue weighted by atomic mass is 10.1. The molecule has 0 saturated carbocycles. The summed E-state index contributed by atoms with van der Waals surface area (Å²) >= 11 is 6.03. The molecule has 3 nitrogen and oxygen atoms in total. The first kappa shape index (κ1) is 12.0. The highest BCUT2D eigenvalue weighted by molar-refractivity contribution is 6.31. The topological polar surface area (TPSA) is 50.4 Å². The number of aliphatic imine (C=N–C) groups is 1. The van der Waals surface area contributed by atoms with Crippen LogP contribution in [0, 0.1) is 6.92 Å². The lowest BCUT2D eigenvalue weighted by molar-refractivity contribution is 0.907. The summed E-state index contributed by atoms with van der Waals surface area (Å²) in [4.78, 5) is 4.35. The summed E-state index contributed by atoms with van der Waals surface area (Å²) in [5, 5.41) is 0.729. The van der Waals surface area contributed by atoms with Gasteiger partial charge < -0.3 is 5.43 Å². The van der Waals surface area contributed by atoms with Crippen molar-refractivity contribution in [1.82, 2.24) is 5.43 Å². The van der Waals surface area contributed by atoms with Crippen molar-refractivity contribution in [3.05, 3.63) is 34.3 Å². The molecule has 0 bridgehead atoms. The van der Waals surface area contributed by atoms with Gasteiger partial charge in [0.25, 0.3) is 0 Å². The van der Waals surface area contributed by atoms with E-state index in [4.69, 9.17) is 17.4 Å². The molecule has 0 aliphatic carbocycles. The first-order chi connectivity index (χ1) is 7.20. The SMILES string of the molecule is CCCN=C(NN)c1cccc(Cl)c1C. The molecule has 0 spiro atoms. The van der Waals surface area contributed by atoms with Crippen molar-refractivity contribution in [2.75, 3.05) is 6.54 Å². The first-order valence-electron chi connectivity index (χ1n) is 4.97. The predicted octanol–water partition coefficient (Wildman–Crippen LogP) is 2.27. The third-order valence-electron chi connectivity index (χ3n) is 2.15. The minimum absolute atomic E-state index is 0.692. The fraction of sp³-hybridized carbons (Fsp3) is 0.364. The zero-order valence-corrected chi connectivity index (χ0v) is 9.80. The molecule has 3 N–H and O–H groups in total. The van der Waals surface area contributed by atoms with Gasteiger partial charge in [-0.15, -0.1) is 0 Å². The summed E-state index contributed by atoms with van der Waals surface area (Å²) in [5.41, 5.74) is 4.56. The number of nitrogens with zero attached hydrogens (tertiary/aromatic N) is 1. The van der Waals surface area contributed by atoms with Crippen molar-refractivity contribution in [2.24, 2.45) is 10.8 Å². The van der Waals surface area contributed by atoms with Crippen LogP contribution in [0.5, 0.6) is 0 Å². The lowest BCUT2D eigenvalue weighted by Gasteiger charge is -2.09. The van der Waals surface area contributed by atoms with E-state index < -0.39 is 0 Å². The van der Waals surface area contributed by atoms with Crippen molar-refractivity contribution < 1.29 is 0 Å². The Hall–Kier alpha value is -1.06. The zero-order valence-electron chi connectivity index (χ0n) is 9.05. The van der Waals surface area contributed by atoms with Gasteiger partial charge in [0.15, 0.2) is 0 Å². The Morgan fingerprint density at radius 3 is 2.87 bits per heavy atom. The molecule has 82 valence electrons. The fourth-order valence-electron chi connectivity index (χ4n) is 1.30. The van der Waals surface area contributed by atoms with E-state index in [9.17, 15) is 0 Å². The van der Waals surface area contributed by atoms with Gasteiger partial charge in [-0.1, -0.05) is 30.7 Å². The van der Waals surface area contributed by atoms with Crippen molar-refractivity contribution in [2.45, 2.75) is 20.3 Å². The number of halogens is 1. The Balaban J connectivity index is 3.07. The first-order valence-corrected chi connectivity index (χ1v) is 5.35. The standard InChI is InChI=1S/C11H16ClN3/c1-3-7-14-11(15-13)9-5-4-6-10(12)8(9)2/h4-6H,3,7,13H2,1-2H3,(H,14,15). The third kappa shape index (κ3) is 2.94. The Morgan fingerprint density at radius 1 is 1.53 bits per heavy atom. The van der Waals surface area contributed by atoms with Crippen LogP contribution < -0.4 is 11.3 Å². The minimum atomic E-state index is 0.692. The van der Waals surface area contributed by atoms with Crippen LogP contribution in [0.15, 0.2) is 23.2 Å². The molecule has 0 radical (unpaired) electrons. The molecule has 15 heavy (non-hydrogen) atoms. The second-order valence-electron chi connectivity index (χ2n) is 3.29. The number of hydrogen-bond acceptors (Lipinski definition) is 2. The maximum absolute atomic E-state index is 6.03. The van der Waals surface area contributed by atoms with E-state index in [2.05, 4.69) is 17.3 Å². The Kier molecular flexibility index (Phi) is 4.59. The second kappa shape index (κ2) is 5.73. The molecule has 0 amide bonds. The van der Waals surface area contributed by atoms with E-state index in [-0.39, 0.29) is 0 Å². The monoisotopic (exact) mass is 225 g/mol. The summed E-state index contributed by atoms with van der Waals surface area (Å²) in [5.74, 6) is 6.13. The average molecular weight is 226 g/mol. The quantitative estimate of drug-likeness (QED) is 0.359. The van der Waals surface area contributed by atoms with Crippen LogP contribution in [0.1, 0.15) is 24.5 Å². The van der Waals surface area contributed by atoms with E-state index in [0.717, 1.165) is 29.1 Å².